The number of benzene rings is 1. The number of fused-ring (bicyclic) bond motifs is 1. The number of rotatable bonds is 3. The molecule has 104 valence electrons. The molecular weight excluding hydrogens is 264 g/mol. The van der Waals surface area contributed by atoms with Gasteiger partial charge in [0.05, 0.1) is 6.61 Å². The van der Waals surface area contributed by atoms with E-state index in [4.69, 9.17) is 18.7 Å². The summed E-state index contributed by atoms with van der Waals surface area (Å²) in [5.74, 6) is 0.680. The van der Waals surface area contributed by atoms with Crippen LogP contribution in [0.2, 0.25) is 0 Å². The van der Waals surface area contributed by atoms with Crippen LogP contribution in [0, 0.1) is 0 Å². The third-order valence-electron chi connectivity index (χ3n) is 2.69. The van der Waals surface area contributed by atoms with Gasteiger partial charge in [-0.2, -0.15) is 4.98 Å². The number of hydrogen-bond acceptors (Lipinski definition) is 7. The lowest BCUT2D eigenvalue weighted by Crippen LogP contribution is -2.22. The van der Waals surface area contributed by atoms with Crippen LogP contribution in [0.5, 0.6) is 11.5 Å². The second-order valence-corrected chi connectivity index (χ2v) is 4.04. The molecule has 0 saturated heterocycles. The highest BCUT2D eigenvalue weighted by molar-refractivity contribution is 5.83. The molecule has 0 saturated carbocycles. The smallest absolute Gasteiger partial charge is 0.397 e. The predicted molar refractivity (Wildman–Crippen MR) is 65.6 cm³/mol. The molecule has 0 fully saturated rings. The number of hydrogen-bond donors (Lipinski definition) is 0. The van der Waals surface area contributed by atoms with E-state index in [9.17, 15) is 4.79 Å². The Kier molecular flexibility index (Phi) is 3.24. The summed E-state index contributed by atoms with van der Waals surface area (Å²) >= 11 is 0. The highest BCUT2D eigenvalue weighted by atomic mass is 16.6. The molecular formula is C13H12N2O5. The highest BCUT2D eigenvalue weighted by Gasteiger charge is 2.28. The molecule has 2 heterocycles. The average molecular weight is 276 g/mol. The van der Waals surface area contributed by atoms with Gasteiger partial charge in [-0.3, -0.25) is 0 Å². The minimum absolute atomic E-state index is 0.190. The third kappa shape index (κ3) is 2.29. The fourth-order valence-electron chi connectivity index (χ4n) is 1.79. The van der Waals surface area contributed by atoms with Gasteiger partial charge >= 0.3 is 11.9 Å². The van der Waals surface area contributed by atoms with E-state index in [0.717, 1.165) is 0 Å². The normalized spacial score (nSPS) is 16.8. The van der Waals surface area contributed by atoms with Gasteiger partial charge < -0.3 is 18.7 Å². The van der Waals surface area contributed by atoms with Crippen molar-refractivity contribution in [1.29, 1.82) is 0 Å². The number of para-hydroxylation sites is 2. The van der Waals surface area contributed by atoms with E-state index < -0.39 is 12.1 Å². The van der Waals surface area contributed by atoms with E-state index in [2.05, 4.69) is 10.1 Å². The Labute approximate surface area is 114 Å². The van der Waals surface area contributed by atoms with Gasteiger partial charge in [0.15, 0.2) is 17.6 Å². The molecule has 7 nitrogen and oxygen atoms in total. The Balaban J connectivity index is 1.77. The van der Waals surface area contributed by atoms with Crippen LogP contribution in [-0.4, -0.2) is 29.3 Å². The first-order valence-corrected chi connectivity index (χ1v) is 6.17. The molecule has 1 aromatic heterocycles. The van der Waals surface area contributed by atoms with Crippen molar-refractivity contribution < 1.29 is 23.5 Å². The Hall–Kier alpha value is -2.57. The maximum Gasteiger partial charge on any atom is 0.397 e. The predicted octanol–water partition coefficient (Wildman–Crippen LogP) is 1.76. The number of carbonyl (C=O) groups excluding carboxylic acids is 1. The van der Waals surface area contributed by atoms with Crippen LogP contribution in [-0.2, 0) is 4.74 Å². The standard InChI is InChI=1S/C13H12N2O5/c1-2-17-13(16)12-14-11(15-20-12)10-7-18-8-5-3-4-6-9(8)19-10/h3-6,10H,2,7H2,1H3. The van der Waals surface area contributed by atoms with Gasteiger partial charge in [0.2, 0.25) is 5.82 Å². The fourth-order valence-corrected chi connectivity index (χ4v) is 1.79. The van der Waals surface area contributed by atoms with Gasteiger partial charge in [-0.15, -0.1) is 0 Å². The summed E-state index contributed by atoms with van der Waals surface area (Å²) in [7, 11) is 0. The van der Waals surface area contributed by atoms with Crippen molar-refractivity contribution in [2.45, 2.75) is 13.0 Å². The van der Waals surface area contributed by atoms with Crippen LogP contribution in [0.15, 0.2) is 28.8 Å². The molecule has 3 rings (SSSR count). The van der Waals surface area contributed by atoms with Gasteiger partial charge in [-0.25, -0.2) is 4.79 Å². The number of ether oxygens (including phenoxy) is 3. The van der Waals surface area contributed by atoms with Gasteiger partial charge in [0.25, 0.3) is 0 Å². The SMILES string of the molecule is CCOC(=O)c1nc(C2COc3ccccc3O2)no1. The molecule has 0 amide bonds. The van der Waals surface area contributed by atoms with Gasteiger partial charge in [-0.1, -0.05) is 17.3 Å². The summed E-state index contributed by atoms with van der Waals surface area (Å²) in [5.41, 5.74) is 0. The largest absolute Gasteiger partial charge is 0.485 e. The fraction of sp³-hybridized carbons (Fsp3) is 0.308. The van der Waals surface area contributed by atoms with Crippen LogP contribution in [0.3, 0.4) is 0 Å². The van der Waals surface area contributed by atoms with Crippen molar-refractivity contribution in [2.24, 2.45) is 0 Å². The molecule has 0 aliphatic carbocycles. The lowest BCUT2D eigenvalue weighted by Gasteiger charge is -2.24. The van der Waals surface area contributed by atoms with E-state index in [-0.39, 0.29) is 24.9 Å². The first kappa shape index (κ1) is 12.5. The van der Waals surface area contributed by atoms with Crippen LogP contribution in [0.1, 0.15) is 29.5 Å². The molecule has 0 radical (unpaired) electrons. The molecule has 1 atom stereocenters. The van der Waals surface area contributed by atoms with E-state index in [1.54, 1.807) is 13.0 Å². The summed E-state index contributed by atoms with van der Waals surface area (Å²) in [6.45, 7) is 2.19. The van der Waals surface area contributed by atoms with E-state index in [1.807, 2.05) is 18.2 Å². The molecule has 1 aliphatic heterocycles. The monoisotopic (exact) mass is 276 g/mol. The van der Waals surface area contributed by atoms with Crippen LogP contribution in [0.4, 0.5) is 0 Å². The quantitative estimate of drug-likeness (QED) is 0.789. The first-order chi connectivity index (χ1) is 9.78. The van der Waals surface area contributed by atoms with Crippen LogP contribution >= 0.6 is 0 Å². The summed E-state index contributed by atoms with van der Waals surface area (Å²) in [5, 5.41) is 3.72. The van der Waals surface area contributed by atoms with Gasteiger partial charge in [0.1, 0.15) is 6.61 Å². The summed E-state index contributed by atoms with van der Waals surface area (Å²) in [4.78, 5) is 15.4. The maximum absolute atomic E-state index is 11.4. The Morgan fingerprint density at radius 3 is 3.00 bits per heavy atom. The van der Waals surface area contributed by atoms with Crippen molar-refractivity contribution in [3.8, 4) is 11.5 Å². The van der Waals surface area contributed by atoms with Gasteiger partial charge in [0, 0.05) is 0 Å². The first-order valence-electron chi connectivity index (χ1n) is 6.17. The molecule has 0 N–H and O–H groups in total. The Morgan fingerprint density at radius 1 is 1.40 bits per heavy atom. The number of carbonyl (C=O) groups is 1. The van der Waals surface area contributed by atoms with Crippen LogP contribution < -0.4 is 9.47 Å². The van der Waals surface area contributed by atoms with Crippen molar-refractivity contribution in [3.05, 3.63) is 36.0 Å². The molecule has 1 aliphatic rings. The zero-order valence-corrected chi connectivity index (χ0v) is 10.7. The molecule has 7 heteroatoms. The molecule has 1 aromatic carbocycles. The number of aromatic nitrogens is 2. The van der Waals surface area contributed by atoms with Gasteiger partial charge in [-0.05, 0) is 19.1 Å². The van der Waals surface area contributed by atoms with Crippen LogP contribution in [0.25, 0.3) is 0 Å². The topological polar surface area (TPSA) is 83.7 Å². The van der Waals surface area contributed by atoms with E-state index >= 15 is 0 Å². The second-order valence-electron chi connectivity index (χ2n) is 4.04. The maximum atomic E-state index is 11.4. The lowest BCUT2D eigenvalue weighted by molar-refractivity contribution is 0.0470. The molecule has 0 bridgehead atoms. The Bertz CT molecular complexity index is 625. The Morgan fingerprint density at radius 2 is 2.20 bits per heavy atom. The number of nitrogens with zero attached hydrogens (tertiary/aromatic N) is 2. The minimum atomic E-state index is -0.650. The summed E-state index contributed by atoms with van der Waals surface area (Å²) in [6.07, 6.45) is -0.517. The van der Waals surface area contributed by atoms with Crippen molar-refractivity contribution >= 4 is 5.97 Å². The van der Waals surface area contributed by atoms with E-state index in [1.165, 1.54) is 0 Å². The zero-order valence-electron chi connectivity index (χ0n) is 10.7. The molecule has 2 aromatic rings. The third-order valence-corrected chi connectivity index (χ3v) is 2.69. The van der Waals surface area contributed by atoms with Crippen molar-refractivity contribution in [3.63, 3.8) is 0 Å². The van der Waals surface area contributed by atoms with Crippen molar-refractivity contribution in [1.82, 2.24) is 10.1 Å². The number of esters is 1. The average Bonchev–Trinajstić information content (AvgIpc) is 2.97. The highest BCUT2D eigenvalue weighted by Crippen LogP contribution is 2.34. The second kappa shape index (κ2) is 5.20. The van der Waals surface area contributed by atoms with E-state index in [0.29, 0.717) is 11.5 Å². The summed E-state index contributed by atoms with van der Waals surface area (Å²) < 4.78 is 20.9. The molecule has 0 spiro atoms. The summed E-state index contributed by atoms with van der Waals surface area (Å²) in [6, 6.07) is 7.29. The van der Waals surface area contributed by atoms with Crippen molar-refractivity contribution in [2.75, 3.05) is 13.2 Å². The molecule has 20 heavy (non-hydrogen) atoms. The molecule has 1 unspecified atom stereocenters. The zero-order chi connectivity index (χ0) is 13.9. The minimum Gasteiger partial charge on any atom is -0.485 e. The lowest BCUT2D eigenvalue weighted by atomic mass is 10.2.